The minimum absolute atomic E-state index is 0.284. The van der Waals surface area contributed by atoms with Gasteiger partial charge in [-0.05, 0) is 31.2 Å². The van der Waals surface area contributed by atoms with E-state index in [0.717, 1.165) is 30.3 Å². The van der Waals surface area contributed by atoms with Gasteiger partial charge in [0.1, 0.15) is 5.75 Å². The summed E-state index contributed by atoms with van der Waals surface area (Å²) in [6.07, 6.45) is 0.870. The van der Waals surface area contributed by atoms with Gasteiger partial charge in [-0.15, -0.1) is 0 Å². The van der Waals surface area contributed by atoms with E-state index in [9.17, 15) is 0 Å². The molecule has 1 rings (SSSR count). The highest BCUT2D eigenvalue weighted by Gasteiger charge is 1.93. The molecule has 84 valence electrons. The molecule has 0 aliphatic heterocycles. The van der Waals surface area contributed by atoms with Gasteiger partial charge >= 0.3 is 0 Å². The maximum atomic E-state index is 8.58. The Hall–Kier alpha value is -0.670. The number of rotatable bonds is 7. The zero-order chi connectivity index (χ0) is 10.9. The first-order chi connectivity index (χ1) is 7.33. The molecule has 0 aliphatic carbocycles. The van der Waals surface area contributed by atoms with E-state index in [1.54, 1.807) is 0 Å². The maximum Gasteiger partial charge on any atom is 0.119 e. The minimum atomic E-state index is 0.284. The van der Waals surface area contributed by atoms with Crippen molar-refractivity contribution in [2.24, 2.45) is 0 Å². The molecule has 1 N–H and O–H groups in total. The lowest BCUT2D eigenvalue weighted by molar-refractivity contribution is 0.296. The lowest BCUT2D eigenvalue weighted by Crippen LogP contribution is -2.01. The Bertz CT molecular complexity index is 259. The van der Waals surface area contributed by atoms with Gasteiger partial charge in [-0.25, -0.2) is 0 Å². The lowest BCUT2D eigenvalue weighted by atomic mass is 10.2. The average Bonchev–Trinajstić information content (AvgIpc) is 2.26. The molecule has 0 aromatic heterocycles. The van der Waals surface area contributed by atoms with Gasteiger partial charge in [0.2, 0.25) is 0 Å². The molecular weight excluding hydrogens is 208 g/mol. The number of ether oxygens (including phenoxy) is 1. The van der Waals surface area contributed by atoms with Crippen LogP contribution in [0.25, 0.3) is 0 Å². The van der Waals surface area contributed by atoms with Crippen molar-refractivity contribution < 1.29 is 9.84 Å². The molecule has 0 radical (unpaired) electrons. The van der Waals surface area contributed by atoms with Crippen molar-refractivity contribution in [1.82, 2.24) is 0 Å². The van der Waals surface area contributed by atoms with E-state index < -0.39 is 0 Å². The maximum absolute atomic E-state index is 8.58. The van der Waals surface area contributed by atoms with Crippen molar-refractivity contribution in [3.8, 4) is 5.75 Å². The van der Waals surface area contributed by atoms with E-state index in [1.165, 1.54) is 5.56 Å². The fraction of sp³-hybridized carbons (Fsp3) is 0.500. The molecule has 0 spiro atoms. The average molecular weight is 226 g/mol. The third kappa shape index (κ3) is 5.70. The van der Waals surface area contributed by atoms with Crippen LogP contribution >= 0.6 is 11.8 Å². The minimum Gasteiger partial charge on any atom is -0.493 e. The molecule has 0 heterocycles. The van der Waals surface area contributed by atoms with Gasteiger partial charge in [0, 0.05) is 12.4 Å². The van der Waals surface area contributed by atoms with Crippen molar-refractivity contribution in [3.05, 3.63) is 29.8 Å². The SMILES string of the molecule is Cc1ccc(OCCSCCCO)cc1. The molecule has 0 saturated heterocycles. The first kappa shape index (κ1) is 12.4. The molecule has 0 saturated carbocycles. The number of hydrogen-bond donors (Lipinski definition) is 1. The number of aryl methyl sites for hydroxylation is 1. The fourth-order valence-electron chi connectivity index (χ4n) is 1.12. The molecule has 1 aromatic rings. The Balaban J connectivity index is 2.07. The Morgan fingerprint density at radius 1 is 1.20 bits per heavy atom. The predicted molar refractivity (Wildman–Crippen MR) is 65.7 cm³/mol. The first-order valence-corrected chi connectivity index (χ1v) is 6.36. The summed E-state index contributed by atoms with van der Waals surface area (Å²) in [5, 5.41) is 8.58. The smallest absolute Gasteiger partial charge is 0.119 e. The highest BCUT2D eigenvalue weighted by Crippen LogP contribution is 2.12. The standard InChI is InChI=1S/C12H18O2S/c1-11-3-5-12(6-4-11)14-8-10-15-9-2-7-13/h3-6,13H,2,7-10H2,1H3. The summed E-state index contributed by atoms with van der Waals surface area (Å²) in [7, 11) is 0. The summed E-state index contributed by atoms with van der Waals surface area (Å²) < 4.78 is 5.56. The number of aliphatic hydroxyl groups excluding tert-OH is 1. The van der Waals surface area contributed by atoms with Crippen LogP contribution in [0.2, 0.25) is 0 Å². The van der Waals surface area contributed by atoms with E-state index >= 15 is 0 Å². The Morgan fingerprint density at radius 2 is 1.93 bits per heavy atom. The van der Waals surface area contributed by atoms with Crippen LogP contribution in [0.5, 0.6) is 5.75 Å². The number of benzene rings is 1. The number of hydrogen-bond acceptors (Lipinski definition) is 3. The normalized spacial score (nSPS) is 10.3. The van der Waals surface area contributed by atoms with E-state index in [0.29, 0.717) is 0 Å². The molecule has 0 unspecified atom stereocenters. The zero-order valence-electron chi connectivity index (χ0n) is 9.11. The third-order valence-electron chi connectivity index (χ3n) is 1.96. The quantitative estimate of drug-likeness (QED) is 0.724. The lowest BCUT2D eigenvalue weighted by Gasteiger charge is -2.05. The second-order valence-electron chi connectivity index (χ2n) is 3.35. The van der Waals surface area contributed by atoms with E-state index in [1.807, 2.05) is 36.0 Å². The number of thioether (sulfide) groups is 1. The molecule has 0 aliphatic rings. The summed E-state index contributed by atoms with van der Waals surface area (Å²) in [4.78, 5) is 0. The molecule has 3 heteroatoms. The van der Waals surface area contributed by atoms with Crippen LogP contribution < -0.4 is 4.74 Å². The molecule has 0 atom stereocenters. The summed E-state index contributed by atoms with van der Waals surface area (Å²) in [5.74, 6) is 2.92. The first-order valence-electron chi connectivity index (χ1n) is 5.21. The van der Waals surface area contributed by atoms with Crippen LogP contribution in [0, 0.1) is 6.92 Å². The third-order valence-corrected chi connectivity index (χ3v) is 3.00. The largest absolute Gasteiger partial charge is 0.493 e. The van der Waals surface area contributed by atoms with Crippen LogP contribution in [-0.4, -0.2) is 29.8 Å². The molecule has 1 aromatic carbocycles. The second kappa shape index (κ2) is 7.60. The van der Waals surface area contributed by atoms with Gasteiger partial charge in [0.05, 0.1) is 6.61 Å². The molecular formula is C12H18O2S. The molecule has 0 bridgehead atoms. The van der Waals surface area contributed by atoms with Gasteiger partial charge in [0.25, 0.3) is 0 Å². The van der Waals surface area contributed by atoms with Gasteiger partial charge in [-0.2, -0.15) is 11.8 Å². The highest BCUT2D eigenvalue weighted by molar-refractivity contribution is 7.99. The Kier molecular flexibility index (Phi) is 6.28. The second-order valence-corrected chi connectivity index (χ2v) is 4.58. The molecule has 2 nitrogen and oxygen atoms in total. The molecule has 15 heavy (non-hydrogen) atoms. The van der Waals surface area contributed by atoms with Crippen LogP contribution in [-0.2, 0) is 0 Å². The van der Waals surface area contributed by atoms with Gasteiger partial charge in [0.15, 0.2) is 0 Å². The topological polar surface area (TPSA) is 29.5 Å². The van der Waals surface area contributed by atoms with Crippen LogP contribution in [0.4, 0.5) is 0 Å². The van der Waals surface area contributed by atoms with E-state index in [4.69, 9.17) is 9.84 Å². The van der Waals surface area contributed by atoms with Crippen molar-refractivity contribution in [1.29, 1.82) is 0 Å². The highest BCUT2D eigenvalue weighted by atomic mass is 32.2. The van der Waals surface area contributed by atoms with Gasteiger partial charge in [-0.3, -0.25) is 0 Å². The molecule has 0 fully saturated rings. The van der Waals surface area contributed by atoms with Crippen molar-refractivity contribution in [3.63, 3.8) is 0 Å². The summed E-state index contributed by atoms with van der Waals surface area (Å²) in [5.41, 5.74) is 1.25. The van der Waals surface area contributed by atoms with Crippen LogP contribution in [0.1, 0.15) is 12.0 Å². The summed E-state index contributed by atoms with van der Waals surface area (Å²) >= 11 is 1.82. The summed E-state index contributed by atoms with van der Waals surface area (Å²) in [6.45, 7) is 3.08. The van der Waals surface area contributed by atoms with Crippen LogP contribution in [0.3, 0.4) is 0 Å². The zero-order valence-corrected chi connectivity index (χ0v) is 9.93. The van der Waals surface area contributed by atoms with E-state index in [2.05, 4.69) is 6.92 Å². The molecule has 0 amide bonds. The Labute approximate surface area is 95.7 Å². The van der Waals surface area contributed by atoms with Gasteiger partial charge in [-0.1, -0.05) is 17.7 Å². The fourth-order valence-corrected chi connectivity index (χ4v) is 1.86. The number of aliphatic hydroxyl groups is 1. The Morgan fingerprint density at radius 3 is 2.60 bits per heavy atom. The monoisotopic (exact) mass is 226 g/mol. The van der Waals surface area contributed by atoms with Gasteiger partial charge < -0.3 is 9.84 Å². The van der Waals surface area contributed by atoms with Crippen molar-refractivity contribution in [2.75, 3.05) is 24.7 Å². The van der Waals surface area contributed by atoms with Crippen molar-refractivity contribution >= 4 is 11.8 Å². The van der Waals surface area contributed by atoms with Crippen LogP contribution in [0.15, 0.2) is 24.3 Å². The predicted octanol–water partition coefficient (Wildman–Crippen LogP) is 2.49. The van der Waals surface area contributed by atoms with Crippen molar-refractivity contribution in [2.45, 2.75) is 13.3 Å². The summed E-state index contributed by atoms with van der Waals surface area (Å²) in [6, 6.07) is 8.09. The van der Waals surface area contributed by atoms with E-state index in [-0.39, 0.29) is 6.61 Å².